The first kappa shape index (κ1) is 37.0. The highest BCUT2D eigenvalue weighted by molar-refractivity contribution is 7.99. The van der Waals surface area contributed by atoms with Gasteiger partial charge < -0.3 is 24.7 Å². The predicted molar refractivity (Wildman–Crippen MR) is 186 cm³/mol. The fourth-order valence-electron chi connectivity index (χ4n) is 4.48. The van der Waals surface area contributed by atoms with Crippen molar-refractivity contribution >= 4 is 49.8 Å². The molecule has 0 spiro atoms. The summed E-state index contributed by atoms with van der Waals surface area (Å²) in [7, 11) is -2.19. The second-order valence-corrected chi connectivity index (χ2v) is 19.2. The number of carbonyl (C=O) groups excluding carboxylic acids is 4. The molecule has 2 aromatic carbocycles. The third kappa shape index (κ3) is 11.1. The Labute approximate surface area is 279 Å². The number of nitrogens with zero attached hydrogens (tertiary/aromatic N) is 1. The van der Waals surface area contributed by atoms with Crippen LogP contribution in [0.25, 0.3) is 6.08 Å². The van der Waals surface area contributed by atoms with E-state index in [-0.39, 0.29) is 48.3 Å². The van der Waals surface area contributed by atoms with Crippen LogP contribution in [-0.4, -0.2) is 73.3 Å². The maximum absolute atomic E-state index is 13.8. The molecule has 3 amide bonds. The van der Waals surface area contributed by atoms with Gasteiger partial charge in [0.15, 0.2) is 8.32 Å². The van der Waals surface area contributed by atoms with E-state index in [0.717, 1.165) is 11.1 Å². The summed E-state index contributed by atoms with van der Waals surface area (Å²) in [5.41, 5.74) is 1.74. The third-order valence-corrected chi connectivity index (χ3v) is 13.9. The minimum absolute atomic E-state index is 0.0622. The van der Waals surface area contributed by atoms with Crippen LogP contribution in [0.2, 0.25) is 18.1 Å². The SMILES string of the molecule is CC(C)[C@H](NC(=O)/C=C/c1ccccc1)C(=O)N1CSC[C@H]1C(=O)N[C@H](CO[Si](C)(C)C(C)(C)C)CC(=O)OCc1ccccc1. The van der Waals surface area contributed by atoms with Crippen molar-refractivity contribution in [1.29, 1.82) is 0 Å². The summed E-state index contributed by atoms with van der Waals surface area (Å²) in [6.45, 7) is 14.6. The van der Waals surface area contributed by atoms with E-state index in [4.69, 9.17) is 9.16 Å². The van der Waals surface area contributed by atoms with Crippen molar-refractivity contribution in [2.24, 2.45) is 5.92 Å². The van der Waals surface area contributed by atoms with Gasteiger partial charge in [-0.15, -0.1) is 11.8 Å². The minimum atomic E-state index is -2.19. The number of hydrogen-bond donors (Lipinski definition) is 2. The van der Waals surface area contributed by atoms with Gasteiger partial charge in [-0.25, -0.2) is 0 Å². The lowest BCUT2D eigenvalue weighted by molar-refractivity contribution is -0.146. The van der Waals surface area contributed by atoms with E-state index in [2.05, 4.69) is 44.5 Å². The smallest absolute Gasteiger partial charge is 0.308 e. The van der Waals surface area contributed by atoms with E-state index in [1.165, 1.54) is 22.7 Å². The topological polar surface area (TPSA) is 114 Å². The van der Waals surface area contributed by atoms with Gasteiger partial charge >= 0.3 is 5.97 Å². The van der Waals surface area contributed by atoms with Crippen molar-refractivity contribution in [3.05, 3.63) is 77.9 Å². The molecule has 0 unspecified atom stereocenters. The Hall–Kier alpha value is -3.41. The number of esters is 1. The summed E-state index contributed by atoms with van der Waals surface area (Å²) in [4.78, 5) is 54.7. The maximum Gasteiger partial charge on any atom is 0.308 e. The molecule has 1 heterocycles. The van der Waals surface area contributed by atoms with Gasteiger partial charge in [0, 0.05) is 11.8 Å². The van der Waals surface area contributed by atoms with Gasteiger partial charge in [0.25, 0.3) is 0 Å². The van der Waals surface area contributed by atoms with Crippen molar-refractivity contribution in [3.63, 3.8) is 0 Å². The summed E-state index contributed by atoms with van der Waals surface area (Å²) in [6, 6.07) is 16.6. The summed E-state index contributed by atoms with van der Waals surface area (Å²) in [6.07, 6.45) is 3.03. The quantitative estimate of drug-likeness (QED) is 0.158. The highest BCUT2D eigenvalue weighted by Gasteiger charge is 2.41. The first-order valence-corrected chi connectivity index (χ1v) is 19.8. The van der Waals surface area contributed by atoms with Gasteiger partial charge in [0.2, 0.25) is 17.7 Å². The van der Waals surface area contributed by atoms with Gasteiger partial charge in [-0.05, 0) is 41.3 Å². The number of thioether (sulfide) groups is 1. The average Bonchev–Trinajstić information content (AvgIpc) is 3.51. The van der Waals surface area contributed by atoms with E-state index in [1.54, 1.807) is 6.08 Å². The van der Waals surface area contributed by atoms with Gasteiger partial charge in [-0.1, -0.05) is 95.3 Å². The van der Waals surface area contributed by atoms with E-state index in [9.17, 15) is 19.2 Å². The van der Waals surface area contributed by atoms with Crippen molar-refractivity contribution in [1.82, 2.24) is 15.5 Å². The fraction of sp³-hybridized carbons (Fsp3) is 0.486. The molecule has 0 bridgehead atoms. The Kier molecular flexibility index (Phi) is 13.6. The van der Waals surface area contributed by atoms with E-state index in [1.807, 2.05) is 74.5 Å². The molecule has 11 heteroatoms. The number of ether oxygens (including phenoxy) is 1. The van der Waals surface area contributed by atoms with Crippen LogP contribution in [0.4, 0.5) is 0 Å². The molecule has 0 radical (unpaired) electrons. The first-order chi connectivity index (χ1) is 21.7. The van der Waals surface area contributed by atoms with Crippen LogP contribution in [0.3, 0.4) is 0 Å². The lowest BCUT2D eigenvalue weighted by Gasteiger charge is -2.37. The van der Waals surface area contributed by atoms with Crippen LogP contribution < -0.4 is 10.6 Å². The van der Waals surface area contributed by atoms with Crippen LogP contribution in [0.15, 0.2) is 66.7 Å². The number of hydrogen-bond acceptors (Lipinski definition) is 7. The number of benzene rings is 2. The molecule has 46 heavy (non-hydrogen) atoms. The van der Waals surface area contributed by atoms with Crippen LogP contribution in [0, 0.1) is 5.92 Å². The molecule has 1 aliphatic heterocycles. The van der Waals surface area contributed by atoms with Crippen molar-refractivity contribution < 1.29 is 28.3 Å². The highest BCUT2D eigenvalue weighted by Crippen LogP contribution is 2.36. The lowest BCUT2D eigenvalue weighted by Crippen LogP contribution is -2.57. The molecule has 1 fully saturated rings. The van der Waals surface area contributed by atoms with Gasteiger partial charge in [-0.3, -0.25) is 19.2 Å². The monoisotopic (exact) mass is 667 g/mol. The Morgan fingerprint density at radius 1 is 1.00 bits per heavy atom. The predicted octanol–water partition coefficient (Wildman–Crippen LogP) is 5.38. The second-order valence-electron chi connectivity index (χ2n) is 13.4. The Morgan fingerprint density at radius 2 is 1.63 bits per heavy atom. The average molecular weight is 668 g/mol. The number of nitrogens with one attached hydrogen (secondary N) is 2. The zero-order chi connectivity index (χ0) is 33.9. The largest absolute Gasteiger partial charge is 0.461 e. The fourth-order valence-corrected chi connectivity index (χ4v) is 6.69. The minimum Gasteiger partial charge on any atom is -0.461 e. The van der Waals surface area contributed by atoms with Gasteiger partial charge in [0.05, 0.1) is 24.9 Å². The normalized spacial score (nSPS) is 16.7. The molecule has 2 N–H and O–H groups in total. The van der Waals surface area contributed by atoms with Crippen LogP contribution in [-0.2, 0) is 34.9 Å². The Bertz CT molecular complexity index is 1350. The van der Waals surface area contributed by atoms with Gasteiger partial charge in [-0.2, -0.15) is 0 Å². The summed E-state index contributed by atoms with van der Waals surface area (Å²) >= 11 is 1.47. The standard InChI is InChI=1S/C35H49N3O6SSi/c1-25(2)32(37-30(39)19-18-26-14-10-8-11-15-26)34(42)38-24-45-23-29(38)33(41)36-28(22-44-46(6,7)35(3,4)5)20-31(40)43-21-27-16-12-9-13-17-27/h8-19,25,28-29,32H,20-24H2,1-7H3,(H,36,41)(H,37,39)/b19-18+/t28-,29-,32-/m0/s1. The molecule has 250 valence electrons. The first-order valence-electron chi connectivity index (χ1n) is 15.7. The maximum atomic E-state index is 13.8. The Morgan fingerprint density at radius 3 is 2.24 bits per heavy atom. The zero-order valence-electron chi connectivity index (χ0n) is 28.1. The Balaban J connectivity index is 1.69. The van der Waals surface area contributed by atoms with Crippen LogP contribution in [0.5, 0.6) is 0 Å². The van der Waals surface area contributed by atoms with Crippen LogP contribution >= 0.6 is 11.8 Å². The van der Waals surface area contributed by atoms with E-state index >= 15 is 0 Å². The number of rotatable bonds is 14. The molecule has 1 aliphatic rings. The third-order valence-electron chi connectivity index (χ3n) is 8.38. The molecule has 0 saturated carbocycles. The molecule has 9 nitrogen and oxygen atoms in total. The lowest BCUT2D eigenvalue weighted by atomic mass is 10.0. The molecule has 3 rings (SSSR count). The molecule has 3 atom stereocenters. The molecular formula is C35H49N3O6SSi. The number of carbonyl (C=O) groups is 4. The van der Waals surface area contributed by atoms with Crippen molar-refractivity contribution in [3.8, 4) is 0 Å². The van der Waals surface area contributed by atoms with Crippen molar-refractivity contribution in [2.75, 3.05) is 18.2 Å². The van der Waals surface area contributed by atoms with Crippen LogP contribution in [0.1, 0.15) is 52.2 Å². The van der Waals surface area contributed by atoms with E-state index < -0.39 is 32.4 Å². The summed E-state index contributed by atoms with van der Waals surface area (Å²) in [5, 5.41) is 5.77. The van der Waals surface area contributed by atoms with Crippen molar-refractivity contribution in [2.45, 2.75) is 83.9 Å². The molecule has 2 aromatic rings. The van der Waals surface area contributed by atoms with E-state index in [0.29, 0.717) is 11.6 Å². The number of amides is 3. The molecular weight excluding hydrogens is 619 g/mol. The molecule has 0 aromatic heterocycles. The highest BCUT2D eigenvalue weighted by atomic mass is 32.2. The molecule has 1 saturated heterocycles. The summed E-state index contributed by atoms with van der Waals surface area (Å²) in [5.74, 6) is -1.01. The van der Waals surface area contributed by atoms with Gasteiger partial charge in [0.1, 0.15) is 18.7 Å². The second kappa shape index (κ2) is 16.9. The zero-order valence-corrected chi connectivity index (χ0v) is 29.9. The summed E-state index contributed by atoms with van der Waals surface area (Å²) < 4.78 is 11.9. The molecule has 0 aliphatic carbocycles.